The molecule has 23 heavy (non-hydrogen) atoms. The van der Waals surface area contributed by atoms with E-state index in [4.69, 9.17) is 4.74 Å². The smallest absolute Gasteiger partial charge is 0.224 e. The first kappa shape index (κ1) is 17.3. The molecule has 2 aromatic carbocycles. The lowest BCUT2D eigenvalue weighted by molar-refractivity contribution is -0.120. The Balaban J connectivity index is 1.66. The molecule has 0 radical (unpaired) electrons. The van der Waals surface area contributed by atoms with Crippen molar-refractivity contribution in [3.63, 3.8) is 0 Å². The van der Waals surface area contributed by atoms with E-state index in [1.807, 2.05) is 24.3 Å². The second-order valence-corrected chi connectivity index (χ2v) is 6.16. The molecule has 0 fully saturated rings. The van der Waals surface area contributed by atoms with Crippen LogP contribution in [0.1, 0.15) is 12.0 Å². The lowest BCUT2D eigenvalue weighted by Gasteiger charge is -2.09. The molecule has 0 unspecified atom stereocenters. The van der Waals surface area contributed by atoms with Crippen LogP contribution in [0.3, 0.4) is 0 Å². The minimum absolute atomic E-state index is 0.0127. The third-order valence-electron chi connectivity index (χ3n) is 3.27. The van der Waals surface area contributed by atoms with E-state index in [1.165, 1.54) is 12.1 Å². The SMILES string of the molecule is COc1ccccc1CC(=O)NCCCSc1ccc(F)cc1. The van der Waals surface area contributed by atoms with Gasteiger partial charge in [-0.2, -0.15) is 0 Å². The number of halogens is 1. The Morgan fingerprint density at radius 1 is 1.17 bits per heavy atom. The fraction of sp³-hybridized carbons (Fsp3) is 0.278. The van der Waals surface area contributed by atoms with Crippen molar-refractivity contribution in [3.8, 4) is 5.75 Å². The van der Waals surface area contributed by atoms with Gasteiger partial charge in [-0.1, -0.05) is 18.2 Å². The summed E-state index contributed by atoms with van der Waals surface area (Å²) in [5.74, 6) is 1.37. The summed E-state index contributed by atoms with van der Waals surface area (Å²) in [6.45, 7) is 0.627. The second kappa shape index (κ2) is 9.20. The Hall–Kier alpha value is -2.01. The van der Waals surface area contributed by atoms with E-state index in [2.05, 4.69) is 5.32 Å². The molecule has 0 heterocycles. The summed E-state index contributed by atoms with van der Waals surface area (Å²) < 4.78 is 18.0. The molecule has 1 N–H and O–H groups in total. The van der Waals surface area contributed by atoms with Gasteiger partial charge in [0, 0.05) is 17.0 Å². The van der Waals surface area contributed by atoms with E-state index in [9.17, 15) is 9.18 Å². The van der Waals surface area contributed by atoms with Gasteiger partial charge in [0.15, 0.2) is 0 Å². The van der Waals surface area contributed by atoms with Crippen molar-refractivity contribution in [1.82, 2.24) is 5.32 Å². The summed E-state index contributed by atoms with van der Waals surface area (Å²) in [5.41, 5.74) is 0.883. The molecule has 0 aromatic heterocycles. The number of nitrogens with one attached hydrogen (secondary N) is 1. The molecule has 0 aliphatic heterocycles. The molecule has 5 heteroatoms. The number of amides is 1. The predicted molar refractivity (Wildman–Crippen MR) is 91.4 cm³/mol. The van der Waals surface area contributed by atoms with Crippen LogP contribution in [0, 0.1) is 5.82 Å². The first-order chi connectivity index (χ1) is 11.2. The van der Waals surface area contributed by atoms with Gasteiger partial charge in [-0.3, -0.25) is 4.79 Å². The number of rotatable bonds is 8. The molecule has 0 bridgehead atoms. The molecular formula is C18H20FNO2S. The number of para-hydroxylation sites is 1. The van der Waals surface area contributed by atoms with E-state index >= 15 is 0 Å². The normalized spacial score (nSPS) is 10.3. The summed E-state index contributed by atoms with van der Waals surface area (Å²) in [4.78, 5) is 13.0. The quantitative estimate of drug-likeness (QED) is 0.592. The zero-order valence-corrected chi connectivity index (χ0v) is 13.9. The lowest BCUT2D eigenvalue weighted by Crippen LogP contribution is -2.26. The van der Waals surface area contributed by atoms with E-state index in [1.54, 1.807) is 31.0 Å². The average Bonchev–Trinajstić information content (AvgIpc) is 2.57. The van der Waals surface area contributed by atoms with Gasteiger partial charge in [0.1, 0.15) is 11.6 Å². The number of methoxy groups -OCH3 is 1. The molecule has 122 valence electrons. The van der Waals surface area contributed by atoms with Crippen molar-refractivity contribution in [1.29, 1.82) is 0 Å². The van der Waals surface area contributed by atoms with Crippen LogP contribution in [0.15, 0.2) is 53.4 Å². The summed E-state index contributed by atoms with van der Waals surface area (Å²) in [7, 11) is 1.60. The van der Waals surface area contributed by atoms with Crippen LogP contribution in [-0.2, 0) is 11.2 Å². The summed E-state index contributed by atoms with van der Waals surface area (Å²) >= 11 is 1.65. The molecule has 1 amide bonds. The minimum atomic E-state index is -0.224. The molecule has 0 spiro atoms. The monoisotopic (exact) mass is 333 g/mol. The van der Waals surface area contributed by atoms with Gasteiger partial charge in [-0.25, -0.2) is 4.39 Å². The number of hydrogen-bond donors (Lipinski definition) is 1. The van der Waals surface area contributed by atoms with E-state index in [-0.39, 0.29) is 11.7 Å². The van der Waals surface area contributed by atoms with Crippen LogP contribution in [-0.4, -0.2) is 25.3 Å². The second-order valence-electron chi connectivity index (χ2n) is 4.99. The fourth-order valence-corrected chi connectivity index (χ4v) is 2.96. The highest BCUT2D eigenvalue weighted by molar-refractivity contribution is 7.99. The van der Waals surface area contributed by atoms with Gasteiger partial charge < -0.3 is 10.1 Å². The highest BCUT2D eigenvalue weighted by atomic mass is 32.2. The zero-order chi connectivity index (χ0) is 16.5. The maximum Gasteiger partial charge on any atom is 0.224 e. The number of carbonyl (C=O) groups excluding carboxylic acids is 1. The summed E-state index contributed by atoms with van der Waals surface area (Å²) in [5, 5.41) is 2.91. The van der Waals surface area contributed by atoms with Crippen LogP contribution >= 0.6 is 11.8 Å². The van der Waals surface area contributed by atoms with Crippen molar-refractivity contribution in [3.05, 3.63) is 59.9 Å². The zero-order valence-electron chi connectivity index (χ0n) is 13.0. The van der Waals surface area contributed by atoms with Crippen LogP contribution in [0.25, 0.3) is 0 Å². The fourth-order valence-electron chi connectivity index (χ4n) is 2.11. The third kappa shape index (κ3) is 5.94. The van der Waals surface area contributed by atoms with Gasteiger partial charge >= 0.3 is 0 Å². The molecule has 2 aromatic rings. The standard InChI is InChI=1S/C18H20FNO2S/c1-22-17-6-3-2-5-14(17)13-18(21)20-11-4-12-23-16-9-7-15(19)8-10-16/h2-3,5-10H,4,11-13H2,1H3,(H,20,21). The topological polar surface area (TPSA) is 38.3 Å². The Morgan fingerprint density at radius 2 is 1.91 bits per heavy atom. The Kier molecular flexibility index (Phi) is 6.94. The van der Waals surface area contributed by atoms with Crippen molar-refractivity contribution >= 4 is 17.7 Å². The van der Waals surface area contributed by atoms with Crippen molar-refractivity contribution in [2.45, 2.75) is 17.7 Å². The first-order valence-corrected chi connectivity index (χ1v) is 8.44. The highest BCUT2D eigenvalue weighted by Crippen LogP contribution is 2.19. The summed E-state index contributed by atoms with van der Waals surface area (Å²) in [6.07, 6.45) is 1.18. The molecule has 0 atom stereocenters. The van der Waals surface area contributed by atoms with Crippen molar-refractivity contribution in [2.24, 2.45) is 0 Å². The average molecular weight is 333 g/mol. The van der Waals surface area contributed by atoms with Crippen molar-refractivity contribution < 1.29 is 13.9 Å². The van der Waals surface area contributed by atoms with Gasteiger partial charge in [0.25, 0.3) is 0 Å². The molecular weight excluding hydrogens is 313 g/mol. The van der Waals surface area contributed by atoms with Crippen molar-refractivity contribution in [2.75, 3.05) is 19.4 Å². The summed E-state index contributed by atoms with van der Waals surface area (Å²) in [6, 6.07) is 14.0. The van der Waals surface area contributed by atoms with E-state index < -0.39 is 0 Å². The number of thioether (sulfide) groups is 1. The van der Waals surface area contributed by atoms with Crippen LogP contribution in [0.5, 0.6) is 5.75 Å². The van der Waals surface area contributed by atoms with Crippen LogP contribution in [0.2, 0.25) is 0 Å². The Bertz CT molecular complexity index is 631. The maximum absolute atomic E-state index is 12.8. The van der Waals surface area contributed by atoms with Gasteiger partial charge in [-0.05, 0) is 42.5 Å². The lowest BCUT2D eigenvalue weighted by atomic mass is 10.1. The maximum atomic E-state index is 12.8. The van der Waals surface area contributed by atoms with E-state index in [0.717, 1.165) is 28.4 Å². The van der Waals surface area contributed by atoms with Gasteiger partial charge in [0.05, 0.1) is 13.5 Å². The number of benzene rings is 2. The number of hydrogen-bond acceptors (Lipinski definition) is 3. The van der Waals surface area contributed by atoms with Crippen LogP contribution in [0.4, 0.5) is 4.39 Å². The molecule has 0 saturated heterocycles. The highest BCUT2D eigenvalue weighted by Gasteiger charge is 2.07. The molecule has 0 aliphatic carbocycles. The van der Waals surface area contributed by atoms with Gasteiger partial charge in [0.2, 0.25) is 5.91 Å². The molecule has 0 aliphatic rings. The number of ether oxygens (including phenoxy) is 1. The predicted octanol–water partition coefficient (Wildman–Crippen LogP) is 3.68. The molecule has 3 nitrogen and oxygen atoms in total. The number of carbonyl (C=O) groups is 1. The van der Waals surface area contributed by atoms with Gasteiger partial charge in [-0.15, -0.1) is 11.8 Å². The molecule has 2 rings (SSSR count). The Morgan fingerprint density at radius 3 is 2.65 bits per heavy atom. The largest absolute Gasteiger partial charge is 0.496 e. The van der Waals surface area contributed by atoms with E-state index in [0.29, 0.717) is 13.0 Å². The minimum Gasteiger partial charge on any atom is -0.496 e. The van der Waals surface area contributed by atoms with Crippen LogP contribution < -0.4 is 10.1 Å². The third-order valence-corrected chi connectivity index (χ3v) is 4.37. The molecule has 0 saturated carbocycles. The Labute approximate surface area is 140 Å². The first-order valence-electron chi connectivity index (χ1n) is 7.46.